The van der Waals surface area contributed by atoms with Crippen LogP contribution >= 0.6 is 0 Å². The number of rotatable bonds is 5. The molecule has 0 saturated carbocycles. The average Bonchev–Trinajstić information content (AvgIpc) is 3.32. The second-order valence-corrected chi connectivity index (χ2v) is 10.4. The van der Waals surface area contributed by atoms with Crippen molar-refractivity contribution in [2.75, 3.05) is 39.4 Å². The average molecular weight is 473 g/mol. The van der Waals surface area contributed by atoms with Crippen LogP contribution in [0, 0.1) is 0 Å². The monoisotopic (exact) mass is 472 g/mol. The first kappa shape index (κ1) is 22.8. The van der Waals surface area contributed by atoms with Crippen molar-refractivity contribution in [2.24, 2.45) is 0 Å². The van der Waals surface area contributed by atoms with Crippen LogP contribution in [-0.2, 0) is 17.9 Å². The third-order valence-electron chi connectivity index (χ3n) is 7.85. The Morgan fingerprint density at radius 3 is 2.57 bits per heavy atom. The molecule has 2 aromatic carbocycles. The van der Waals surface area contributed by atoms with Crippen LogP contribution in [0.4, 0.5) is 0 Å². The molecule has 0 radical (unpaired) electrons. The maximum atomic E-state index is 6.17. The summed E-state index contributed by atoms with van der Waals surface area (Å²) in [6.45, 7) is 11.9. The predicted molar refractivity (Wildman–Crippen MR) is 138 cm³/mol. The highest BCUT2D eigenvalue weighted by molar-refractivity contribution is 5.69. The first-order valence-electron chi connectivity index (χ1n) is 13.1. The molecular formula is C29H36N4O2. The van der Waals surface area contributed by atoms with Gasteiger partial charge in [-0.05, 0) is 74.5 Å². The van der Waals surface area contributed by atoms with Crippen molar-refractivity contribution in [3.8, 4) is 22.6 Å². The SMILES string of the molecule is CC(C)N1CCC(c2cccc(-c3ccc4c(c3)OCc3nc(CN5CCOCC5)cn3-4)c2)CC1. The number of fused-ring (bicyclic) bond motifs is 3. The molecule has 6 rings (SSSR count). The Kier molecular flexibility index (Phi) is 6.35. The molecule has 0 spiro atoms. The number of benzene rings is 2. The third-order valence-corrected chi connectivity index (χ3v) is 7.85. The molecular weight excluding hydrogens is 436 g/mol. The topological polar surface area (TPSA) is 42.8 Å². The fourth-order valence-electron chi connectivity index (χ4n) is 5.72. The lowest BCUT2D eigenvalue weighted by Crippen LogP contribution is -2.37. The zero-order valence-electron chi connectivity index (χ0n) is 20.9. The molecule has 0 amide bonds. The van der Waals surface area contributed by atoms with Gasteiger partial charge in [-0.15, -0.1) is 0 Å². The summed E-state index contributed by atoms with van der Waals surface area (Å²) in [6, 6.07) is 16.4. The van der Waals surface area contributed by atoms with Crippen molar-refractivity contribution >= 4 is 0 Å². The van der Waals surface area contributed by atoms with E-state index < -0.39 is 0 Å². The highest BCUT2D eigenvalue weighted by Gasteiger charge is 2.24. The number of morpholine rings is 1. The van der Waals surface area contributed by atoms with Gasteiger partial charge < -0.3 is 14.4 Å². The third kappa shape index (κ3) is 4.75. The van der Waals surface area contributed by atoms with E-state index in [1.54, 1.807) is 0 Å². The van der Waals surface area contributed by atoms with Gasteiger partial charge in [0, 0.05) is 31.9 Å². The summed E-state index contributed by atoms with van der Waals surface area (Å²) in [7, 11) is 0. The van der Waals surface area contributed by atoms with Crippen LogP contribution in [0.5, 0.6) is 5.75 Å². The number of piperidine rings is 1. The molecule has 0 unspecified atom stereocenters. The van der Waals surface area contributed by atoms with Crippen LogP contribution in [0.3, 0.4) is 0 Å². The van der Waals surface area contributed by atoms with Gasteiger partial charge >= 0.3 is 0 Å². The predicted octanol–water partition coefficient (Wildman–Crippen LogP) is 4.85. The van der Waals surface area contributed by atoms with Crippen LogP contribution < -0.4 is 4.74 Å². The van der Waals surface area contributed by atoms with E-state index in [2.05, 4.69) is 76.9 Å². The minimum absolute atomic E-state index is 0.508. The Balaban J connectivity index is 1.20. The highest BCUT2D eigenvalue weighted by Crippen LogP contribution is 2.36. The van der Waals surface area contributed by atoms with E-state index in [4.69, 9.17) is 14.5 Å². The van der Waals surface area contributed by atoms with Crippen LogP contribution in [0.2, 0.25) is 0 Å². The highest BCUT2D eigenvalue weighted by atomic mass is 16.5. The van der Waals surface area contributed by atoms with Gasteiger partial charge in [0.25, 0.3) is 0 Å². The minimum atomic E-state index is 0.508. The molecule has 6 heteroatoms. The minimum Gasteiger partial charge on any atom is -0.483 e. The first-order chi connectivity index (χ1) is 17.1. The summed E-state index contributed by atoms with van der Waals surface area (Å²) in [5.41, 5.74) is 6.12. The summed E-state index contributed by atoms with van der Waals surface area (Å²) in [6.07, 6.45) is 4.66. The van der Waals surface area contributed by atoms with Crippen molar-refractivity contribution in [1.82, 2.24) is 19.4 Å². The zero-order chi connectivity index (χ0) is 23.8. The van der Waals surface area contributed by atoms with Crippen molar-refractivity contribution in [1.29, 1.82) is 0 Å². The van der Waals surface area contributed by atoms with E-state index in [1.807, 2.05) is 0 Å². The van der Waals surface area contributed by atoms with Gasteiger partial charge in [0.15, 0.2) is 5.82 Å². The van der Waals surface area contributed by atoms with E-state index in [-0.39, 0.29) is 0 Å². The van der Waals surface area contributed by atoms with E-state index in [0.717, 1.165) is 55.8 Å². The molecule has 0 aliphatic carbocycles. The number of hydrogen-bond donors (Lipinski definition) is 0. The number of imidazole rings is 1. The Morgan fingerprint density at radius 2 is 1.77 bits per heavy atom. The summed E-state index contributed by atoms with van der Waals surface area (Å²) in [5.74, 6) is 2.56. The number of ether oxygens (including phenoxy) is 2. The Hall–Kier alpha value is -2.67. The largest absolute Gasteiger partial charge is 0.483 e. The van der Waals surface area contributed by atoms with Crippen LogP contribution in [0.1, 0.15) is 49.7 Å². The molecule has 3 aromatic rings. The number of nitrogens with zero attached hydrogens (tertiary/aromatic N) is 4. The maximum absolute atomic E-state index is 6.17. The van der Waals surface area contributed by atoms with Gasteiger partial charge in [-0.3, -0.25) is 9.47 Å². The molecule has 4 heterocycles. The fraction of sp³-hybridized carbons (Fsp3) is 0.483. The van der Waals surface area contributed by atoms with Crippen molar-refractivity contribution < 1.29 is 9.47 Å². The molecule has 3 aliphatic heterocycles. The summed E-state index contributed by atoms with van der Waals surface area (Å²) in [5, 5.41) is 0. The Bertz CT molecular complexity index is 1170. The molecule has 184 valence electrons. The van der Waals surface area contributed by atoms with Gasteiger partial charge in [-0.2, -0.15) is 0 Å². The molecule has 0 N–H and O–H groups in total. The molecule has 0 atom stereocenters. The smallest absolute Gasteiger partial charge is 0.151 e. The first-order valence-corrected chi connectivity index (χ1v) is 13.1. The molecule has 6 nitrogen and oxygen atoms in total. The lowest BCUT2D eigenvalue weighted by Gasteiger charge is -2.34. The normalized spacial score (nSPS) is 19.4. The van der Waals surface area contributed by atoms with Gasteiger partial charge in [0.1, 0.15) is 12.4 Å². The van der Waals surface area contributed by atoms with Crippen molar-refractivity contribution in [3.05, 3.63) is 65.7 Å². The van der Waals surface area contributed by atoms with E-state index >= 15 is 0 Å². The second-order valence-electron chi connectivity index (χ2n) is 10.4. The molecule has 35 heavy (non-hydrogen) atoms. The quantitative estimate of drug-likeness (QED) is 0.531. The van der Waals surface area contributed by atoms with Crippen molar-refractivity contribution in [2.45, 2.75) is 51.8 Å². The van der Waals surface area contributed by atoms with Gasteiger partial charge in [-0.1, -0.05) is 30.3 Å². The maximum Gasteiger partial charge on any atom is 0.151 e. The molecule has 0 bridgehead atoms. The lowest BCUT2D eigenvalue weighted by atomic mass is 9.87. The second kappa shape index (κ2) is 9.76. The summed E-state index contributed by atoms with van der Waals surface area (Å²) < 4.78 is 13.9. The van der Waals surface area contributed by atoms with E-state index in [1.165, 1.54) is 42.6 Å². The molecule has 3 aliphatic rings. The van der Waals surface area contributed by atoms with E-state index in [0.29, 0.717) is 18.6 Å². The number of aromatic nitrogens is 2. The molecule has 2 fully saturated rings. The number of hydrogen-bond acceptors (Lipinski definition) is 5. The van der Waals surface area contributed by atoms with Crippen LogP contribution in [0.25, 0.3) is 16.8 Å². The Morgan fingerprint density at radius 1 is 0.971 bits per heavy atom. The van der Waals surface area contributed by atoms with Gasteiger partial charge in [0.05, 0.1) is 24.6 Å². The molecule has 2 saturated heterocycles. The number of likely N-dealkylation sites (tertiary alicyclic amines) is 1. The van der Waals surface area contributed by atoms with E-state index in [9.17, 15) is 0 Å². The lowest BCUT2D eigenvalue weighted by molar-refractivity contribution is 0.0337. The van der Waals surface area contributed by atoms with Gasteiger partial charge in [0.2, 0.25) is 0 Å². The van der Waals surface area contributed by atoms with Crippen LogP contribution in [0.15, 0.2) is 48.7 Å². The molecule has 1 aromatic heterocycles. The summed E-state index contributed by atoms with van der Waals surface area (Å²) >= 11 is 0. The van der Waals surface area contributed by atoms with Crippen LogP contribution in [-0.4, -0.2) is 64.8 Å². The summed E-state index contributed by atoms with van der Waals surface area (Å²) in [4.78, 5) is 9.86. The van der Waals surface area contributed by atoms with Gasteiger partial charge in [-0.25, -0.2) is 4.98 Å². The fourth-order valence-corrected chi connectivity index (χ4v) is 5.72. The Labute approximate surface area is 208 Å². The zero-order valence-corrected chi connectivity index (χ0v) is 20.9. The standard InChI is InChI=1S/C29H36N4O2/c1-21(2)32-10-8-22(9-11-32)23-4-3-5-24(16-23)25-6-7-27-28(17-25)35-20-29-30-26(19-33(27)29)18-31-12-14-34-15-13-31/h3-7,16-17,19,21-22H,8-15,18,20H2,1-2H3. The van der Waals surface area contributed by atoms with Crippen molar-refractivity contribution in [3.63, 3.8) is 0 Å².